The Kier molecular flexibility index (Phi) is 4.55. The molecule has 0 radical (unpaired) electrons. The molecule has 1 aliphatic heterocycles. The van der Waals surface area contributed by atoms with Gasteiger partial charge >= 0.3 is 5.97 Å². The molecule has 24 heavy (non-hydrogen) atoms. The number of hydrogen-bond acceptors (Lipinski definition) is 3. The van der Waals surface area contributed by atoms with Crippen molar-refractivity contribution in [2.45, 2.75) is 33.1 Å². The molecule has 2 N–H and O–H groups in total. The smallest absolute Gasteiger partial charge is 0.308 e. The van der Waals surface area contributed by atoms with Gasteiger partial charge in [-0.2, -0.15) is 0 Å². The molecule has 128 valence electrons. The zero-order chi connectivity index (χ0) is 17.3. The Bertz CT molecular complexity index is 768. The first-order valence-corrected chi connectivity index (χ1v) is 8.39. The maximum atomic E-state index is 12.5. The predicted octanol–water partition coefficient (Wildman–Crippen LogP) is 2.37. The Labute approximate surface area is 140 Å². The Hall–Kier alpha value is -2.37. The number of hydrogen-bond donors (Lipinski definition) is 2. The predicted molar refractivity (Wildman–Crippen MR) is 90.6 cm³/mol. The summed E-state index contributed by atoms with van der Waals surface area (Å²) in [6.45, 7) is 4.97. The second kappa shape index (κ2) is 6.63. The van der Waals surface area contributed by atoms with Crippen LogP contribution in [0.15, 0.2) is 18.2 Å². The van der Waals surface area contributed by atoms with Crippen LogP contribution in [0.3, 0.4) is 0 Å². The lowest BCUT2D eigenvalue weighted by Gasteiger charge is -2.34. The fourth-order valence-electron chi connectivity index (χ4n) is 3.46. The quantitative estimate of drug-likeness (QED) is 0.901. The first-order valence-electron chi connectivity index (χ1n) is 8.39. The van der Waals surface area contributed by atoms with Crippen molar-refractivity contribution in [3.8, 4) is 0 Å². The van der Waals surface area contributed by atoms with Crippen molar-refractivity contribution >= 4 is 22.9 Å². The molecule has 1 aliphatic rings. The van der Waals surface area contributed by atoms with Crippen LogP contribution in [0.4, 0.5) is 0 Å². The molecule has 0 bridgehead atoms. The number of aliphatic carboxylic acids is 1. The number of aromatic nitrogens is 2. The highest BCUT2D eigenvalue weighted by Crippen LogP contribution is 2.23. The molecule has 1 aromatic heterocycles. The van der Waals surface area contributed by atoms with Crippen LogP contribution in [0, 0.1) is 18.8 Å². The second-order valence-corrected chi connectivity index (χ2v) is 6.83. The van der Waals surface area contributed by atoms with Crippen LogP contribution in [-0.4, -0.2) is 44.9 Å². The number of para-hydroxylation sites is 1. The zero-order valence-electron chi connectivity index (χ0n) is 14.1. The summed E-state index contributed by atoms with van der Waals surface area (Å²) in [5.74, 6) is -0.242. The molecule has 1 amide bonds. The summed E-state index contributed by atoms with van der Waals surface area (Å²) >= 11 is 0. The van der Waals surface area contributed by atoms with Gasteiger partial charge in [0.25, 0.3) is 0 Å². The number of fused-ring (bicyclic) bond motifs is 1. The topological polar surface area (TPSA) is 86.3 Å². The summed E-state index contributed by atoms with van der Waals surface area (Å²) in [5, 5.41) is 9.22. The molecular weight excluding hydrogens is 306 g/mol. The van der Waals surface area contributed by atoms with Gasteiger partial charge in [-0.25, -0.2) is 4.98 Å². The molecule has 2 unspecified atom stereocenters. The summed E-state index contributed by atoms with van der Waals surface area (Å²) < 4.78 is 0. The largest absolute Gasteiger partial charge is 0.481 e. The van der Waals surface area contributed by atoms with Crippen molar-refractivity contribution in [3.05, 3.63) is 29.6 Å². The van der Waals surface area contributed by atoms with Gasteiger partial charge in [-0.3, -0.25) is 9.59 Å². The fourth-order valence-corrected chi connectivity index (χ4v) is 3.46. The van der Waals surface area contributed by atoms with Gasteiger partial charge < -0.3 is 15.0 Å². The Morgan fingerprint density at radius 1 is 1.38 bits per heavy atom. The molecule has 2 heterocycles. The summed E-state index contributed by atoms with van der Waals surface area (Å²) in [6, 6.07) is 5.97. The number of carboxylic acids is 1. The minimum Gasteiger partial charge on any atom is -0.481 e. The molecule has 1 saturated heterocycles. The molecule has 6 nitrogen and oxygen atoms in total. The first-order chi connectivity index (χ1) is 11.4. The summed E-state index contributed by atoms with van der Waals surface area (Å²) in [4.78, 5) is 33.2. The number of nitrogens with zero attached hydrogens (tertiary/aromatic N) is 2. The minimum absolute atomic E-state index is 0.00461. The number of carbonyl (C=O) groups is 2. The third-order valence-corrected chi connectivity index (χ3v) is 4.70. The van der Waals surface area contributed by atoms with Crippen molar-refractivity contribution in [2.24, 2.45) is 11.8 Å². The average Bonchev–Trinajstić information content (AvgIpc) is 2.96. The Balaban J connectivity index is 1.63. The van der Waals surface area contributed by atoms with Gasteiger partial charge in [0.1, 0.15) is 5.82 Å². The molecule has 1 fully saturated rings. The van der Waals surface area contributed by atoms with E-state index >= 15 is 0 Å². The fraction of sp³-hybridized carbons (Fsp3) is 0.500. The normalized spacial score (nSPS) is 21.2. The second-order valence-electron chi connectivity index (χ2n) is 6.83. The van der Waals surface area contributed by atoms with E-state index < -0.39 is 11.9 Å². The number of carbonyl (C=O) groups excluding carboxylic acids is 1. The van der Waals surface area contributed by atoms with Crippen LogP contribution in [-0.2, 0) is 16.0 Å². The summed E-state index contributed by atoms with van der Waals surface area (Å²) in [7, 11) is 0. The van der Waals surface area contributed by atoms with Crippen molar-refractivity contribution in [1.82, 2.24) is 14.9 Å². The molecule has 3 rings (SSSR count). The molecule has 1 aromatic carbocycles. The zero-order valence-corrected chi connectivity index (χ0v) is 14.1. The van der Waals surface area contributed by atoms with E-state index in [1.54, 1.807) is 4.90 Å². The van der Waals surface area contributed by atoms with Crippen LogP contribution in [0.5, 0.6) is 0 Å². The molecule has 0 spiro atoms. The highest BCUT2D eigenvalue weighted by atomic mass is 16.4. The van der Waals surface area contributed by atoms with E-state index in [4.69, 9.17) is 0 Å². The molecule has 2 atom stereocenters. The number of carboxylic acid groups (broad SMARTS) is 1. The van der Waals surface area contributed by atoms with Gasteiger partial charge in [0, 0.05) is 25.9 Å². The lowest BCUT2D eigenvalue weighted by Crippen LogP contribution is -2.45. The number of aryl methyl sites for hydroxylation is 2. The third-order valence-electron chi connectivity index (χ3n) is 4.70. The molecule has 0 saturated carbocycles. The third kappa shape index (κ3) is 3.42. The maximum Gasteiger partial charge on any atom is 0.308 e. The van der Waals surface area contributed by atoms with Crippen LogP contribution in [0.1, 0.15) is 31.2 Å². The monoisotopic (exact) mass is 329 g/mol. The van der Waals surface area contributed by atoms with Gasteiger partial charge in [-0.1, -0.05) is 19.1 Å². The number of piperidine rings is 1. The first kappa shape index (κ1) is 16.5. The number of amides is 1. The van der Waals surface area contributed by atoms with Gasteiger partial charge in [-0.15, -0.1) is 0 Å². The number of rotatable bonds is 4. The molecular formula is C18H23N3O3. The molecule has 0 aliphatic carbocycles. The number of H-pyrrole nitrogens is 1. The number of nitrogens with one attached hydrogen (secondary N) is 1. The molecule has 6 heteroatoms. The summed E-state index contributed by atoms with van der Waals surface area (Å²) in [5.41, 5.74) is 3.03. The van der Waals surface area contributed by atoms with Crippen molar-refractivity contribution in [1.29, 1.82) is 0 Å². The van der Waals surface area contributed by atoms with Crippen LogP contribution >= 0.6 is 0 Å². The van der Waals surface area contributed by atoms with Crippen LogP contribution in [0.25, 0.3) is 11.0 Å². The van der Waals surface area contributed by atoms with E-state index in [1.807, 2.05) is 32.0 Å². The lowest BCUT2D eigenvalue weighted by molar-refractivity contribution is -0.146. The van der Waals surface area contributed by atoms with E-state index in [0.717, 1.165) is 22.4 Å². The van der Waals surface area contributed by atoms with E-state index in [2.05, 4.69) is 9.97 Å². The van der Waals surface area contributed by atoms with Crippen LogP contribution < -0.4 is 0 Å². The summed E-state index contributed by atoms with van der Waals surface area (Å²) in [6.07, 6.45) is 1.52. The highest BCUT2D eigenvalue weighted by molar-refractivity contribution is 5.80. The molecule has 2 aromatic rings. The van der Waals surface area contributed by atoms with Crippen molar-refractivity contribution in [3.63, 3.8) is 0 Å². The number of imidazole rings is 1. The Morgan fingerprint density at radius 2 is 2.17 bits per heavy atom. The average molecular weight is 329 g/mol. The Morgan fingerprint density at radius 3 is 2.88 bits per heavy atom. The highest BCUT2D eigenvalue weighted by Gasteiger charge is 2.31. The maximum absolute atomic E-state index is 12.5. The van der Waals surface area contributed by atoms with Gasteiger partial charge in [0.2, 0.25) is 5.91 Å². The van der Waals surface area contributed by atoms with Gasteiger partial charge in [-0.05, 0) is 30.9 Å². The van der Waals surface area contributed by atoms with E-state index in [9.17, 15) is 14.7 Å². The number of aromatic amines is 1. The van der Waals surface area contributed by atoms with Crippen LogP contribution in [0.2, 0.25) is 0 Å². The van der Waals surface area contributed by atoms with Gasteiger partial charge in [0.05, 0.1) is 17.0 Å². The van der Waals surface area contributed by atoms with Crippen molar-refractivity contribution in [2.75, 3.05) is 13.1 Å². The standard InChI is InChI=1S/C18H23N3O3/c1-11-8-13(18(23)24)10-21(9-11)16(22)7-6-15-19-14-5-3-4-12(2)17(14)20-15/h3-5,11,13H,6-10H2,1-2H3,(H,19,20)(H,23,24). The lowest BCUT2D eigenvalue weighted by atomic mass is 9.90. The van der Waals surface area contributed by atoms with E-state index in [-0.39, 0.29) is 11.8 Å². The number of likely N-dealkylation sites (tertiary alicyclic amines) is 1. The van der Waals surface area contributed by atoms with Crippen molar-refractivity contribution < 1.29 is 14.7 Å². The van der Waals surface area contributed by atoms with E-state index in [1.165, 1.54) is 0 Å². The van der Waals surface area contributed by atoms with Gasteiger partial charge in [0.15, 0.2) is 0 Å². The minimum atomic E-state index is -0.813. The SMILES string of the molecule is Cc1cccc2[nH]c(CCC(=O)N3CC(C)CC(C(=O)O)C3)nc12. The number of benzene rings is 1. The van der Waals surface area contributed by atoms with E-state index in [0.29, 0.717) is 32.4 Å².